The summed E-state index contributed by atoms with van der Waals surface area (Å²) in [5, 5.41) is 12.4. The van der Waals surface area contributed by atoms with Gasteiger partial charge in [0.05, 0.1) is 24.8 Å². The molecule has 0 aliphatic carbocycles. The van der Waals surface area contributed by atoms with Crippen molar-refractivity contribution in [3.05, 3.63) is 62.0 Å². The Morgan fingerprint density at radius 2 is 2.03 bits per heavy atom. The third-order valence-electron chi connectivity index (χ3n) is 6.42. The van der Waals surface area contributed by atoms with Crippen molar-refractivity contribution in [1.82, 2.24) is 14.8 Å². The van der Waals surface area contributed by atoms with Crippen molar-refractivity contribution in [2.75, 3.05) is 13.2 Å². The van der Waals surface area contributed by atoms with Crippen LogP contribution in [0.5, 0.6) is 5.75 Å². The highest BCUT2D eigenvalue weighted by Gasteiger charge is 2.43. The van der Waals surface area contributed by atoms with Crippen LogP contribution in [0.15, 0.2) is 23.1 Å². The number of nitrogens with zero attached hydrogens (tertiary/aromatic N) is 2. The van der Waals surface area contributed by atoms with Crippen LogP contribution in [0.25, 0.3) is 0 Å². The quantitative estimate of drug-likeness (QED) is 0.581. The number of piperidine rings is 1. The van der Waals surface area contributed by atoms with Crippen LogP contribution in [0.3, 0.4) is 0 Å². The van der Waals surface area contributed by atoms with Gasteiger partial charge in [0, 0.05) is 24.8 Å². The fourth-order valence-corrected chi connectivity index (χ4v) is 4.83. The molecule has 0 saturated carbocycles. The van der Waals surface area contributed by atoms with Crippen LogP contribution in [0, 0.1) is 11.6 Å². The highest BCUT2D eigenvalue weighted by molar-refractivity contribution is 6.30. The summed E-state index contributed by atoms with van der Waals surface area (Å²) in [4.78, 5) is 40.6. The molecule has 1 fully saturated rings. The summed E-state index contributed by atoms with van der Waals surface area (Å²) in [7, 11) is 0. The number of ether oxygens (including phenoxy) is 1. The summed E-state index contributed by atoms with van der Waals surface area (Å²) in [6.07, 6.45) is 3.60. The number of rotatable bonds is 6. The van der Waals surface area contributed by atoms with E-state index in [-0.39, 0.29) is 36.6 Å². The molecule has 2 N–H and O–H groups in total. The van der Waals surface area contributed by atoms with Gasteiger partial charge in [-0.05, 0) is 39.2 Å². The highest BCUT2D eigenvalue weighted by Crippen LogP contribution is 2.36. The van der Waals surface area contributed by atoms with Crippen LogP contribution in [0.1, 0.15) is 65.6 Å². The van der Waals surface area contributed by atoms with E-state index in [9.17, 15) is 28.3 Å². The van der Waals surface area contributed by atoms with Crippen molar-refractivity contribution in [3.8, 4) is 5.75 Å². The zero-order chi connectivity index (χ0) is 25.4. The van der Waals surface area contributed by atoms with Gasteiger partial charge in [0.2, 0.25) is 5.43 Å². The van der Waals surface area contributed by atoms with Crippen LogP contribution < -0.4 is 10.7 Å². The van der Waals surface area contributed by atoms with Crippen LogP contribution in [-0.2, 0) is 11.3 Å². The predicted octanol–water partition coefficient (Wildman–Crippen LogP) is 3.39. The van der Waals surface area contributed by atoms with Gasteiger partial charge < -0.3 is 24.6 Å². The number of carbonyl (C=O) groups is 2. The zero-order valence-corrected chi connectivity index (χ0v) is 20.1. The number of carbonyl (C=O) groups excluding carboxylic acids is 2. The lowest BCUT2D eigenvalue weighted by Gasteiger charge is -2.46. The van der Waals surface area contributed by atoms with Crippen molar-refractivity contribution in [3.63, 3.8) is 0 Å². The number of amides is 2. The lowest BCUT2D eigenvalue weighted by atomic mass is 9.91. The molecule has 0 radical (unpaired) electrons. The van der Waals surface area contributed by atoms with E-state index in [2.05, 4.69) is 5.32 Å². The van der Waals surface area contributed by atoms with E-state index in [0.717, 1.165) is 31.4 Å². The maximum Gasteiger partial charge on any atom is 0.274 e. The largest absolute Gasteiger partial charge is 0.503 e. The molecule has 2 aliphatic rings. The van der Waals surface area contributed by atoms with E-state index >= 15 is 0 Å². The summed E-state index contributed by atoms with van der Waals surface area (Å²) < 4.78 is 34.9. The molecule has 35 heavy (non-hydrogen) atoms. The van der Waals surface area contributed by atoms with E-state index in [0.29, 0.717) is 6.54 Å². The third kappa shape index (κ3) is 4.64. The van der Waals surface area contributed by atoms with Gasteiger partial charge in [-0.1, -0.05) is 17.7 Å². The molecule has 2 aromatic rings. The van der Waals surface area contributed by atoms with Gasteiger partial charge in [-0.25, -0.2) is 8.78 Å². The minimum Gasteiger partial charge on any atom is -0.503 e. The minimum absolute atomic E-state index is 0.0803. The van der Waals surface area contributed by atoms with E-state index in [1.165, 1.54) is 10.8 Å². The standard InChI is InChI=1S/C24H26ClF2N3O5/c1-12(2)35-11-17-16-5-3-4-8-29(16)24(34)20-22(32)21(31)14(10-30(17)20)23(33)28-9-13-6-7-15(26)18(25)19(13)27/h6-7,10,12,16-17,32H,3-5,8-9,11H2,1-2H3,(H,28,33)/t16-,17-/m0/s1. The molecule has 8 nitrogen and oxygen atoms in total. The topological polar surface area (TPSA) is 101 Å². The lowest BCUT2D eigenvalue weighted by Crippen LogP contribution is -2.55. The average molecular weight is 510 g/mol. The van der Waals surface area contributed by atoms with E-state index in [1.54, 1.807) is 4.90 Å². The highest BCUT2D eigenvalue weighted by atomic mass is 35.5. The normalized spacial score (nSPS) is 19.5. The molecule has 2 amide bonds. The molecular weight excluding hydrogens is 484 g/mol. The number of hydrogen-bond donors (Lipinski definition) is 2. The molecule has 4 rings (SSSR count). The smallest absolute Gasteiger partial charge is 0.274 e. The second-order valence-electron chi connectivity index (χ2n) is 9.00. The second-order valence-corrected chi connectivity index (χ2v) is 9.38. The average Bonchev–Trinajstić information content (AvgIpc) is 2.83. The number of aromatic hydroxyl groups is 1. The number of aromatic nitrogens is 1. The van der Waals surface area contributed by atoms with Crippen molar-refractivity contribution in [2.45, 2.75) is 57.8 Å². The SMILES string of the molecule is CC(C)OC[C@H]1[C@@H]2CCCCN2C(=O)c2c(O)c(=O)c(C(=O)NCc3ccc(F)c(Cl)c3F)cn21. The number of nitrogens with one attached hydrogen (secondary N) is 1. The van der Waals surface area contributed by atoms with Crippen LogP contribution >= 0.6 is 11.6 Å². The molecule has 2 atom stereocenters. The first-order valence-corrected chi connectivity index (χ1v) is 11.8. The van der Waals surface area contributed by atoms with Gasteiger partial charge in [0.15, 0.2) is 11.4 Å². The van der Waals surface area contributed by atoms with Crippen LogP contribution in [0.2, 0.25) is 5.02 Å². The first-order chi connectivity index (χ1) is 16.6. The van der Waals surface area contributed by atoms with Crippen LogP contribution in [0.4, 0.5) is 8.78 Å². The number of halogens is 3. The molecule has 0 unspecified atom stereocenters. The molecule has 188 valence electrons. The Balaban J connectivity index is 1.70. The fourth-order valence-electron chi connectivity index (χ4n) is 4.64. The lowest BCUT2D eigenvalue weighted by molar-refractivity contribution is 0.000948. The molecule has 1 aromatic carbocycles. The van der Waals surface area contributed by atoms with Crippen molar-refractivity contribution >= 4 is 23.4 Å². The van der Waals surface area contributed by atoms with Crippen molar-refractivity contribution in [2.24, 2.45) is 0 Å². The number of fused-ring (bicyclic) bond motifs is 2. The first-order valence-electron chi connectivity index (χ1n) is 11.4. The third-order valence-corrected chi connectivity index (χ3v) is 6.77. The molecule has 2 aliphatic heterocycles. The Hall–Kier alpha value is -2.98. The fraction of sp³-hybridized carbons (Fsp3) is 0.458. The number of pyridine rings is 1. The Morgan fingerprint density at radius 3 is 2.74 bits per heavy atom. The Morgan fingerprint density at radius 1 is 1.29 bits per heavy atom. The first kappa shape index (κ1) is 25.1. The molecule has 11 heteroatoms. The van der Waals surface area contributed by atoms with Gasteiger partial charge in [0.25, 0.3) is 11.8 Å². The van der Waals surface area contributed by atoms with E-state index in [1.807, 2.05) is 13.8 Å². The van der Waals surface area contributed by atoms with Gasteiger partial charge in [-0.3, -0.25) is 14.4 Å². The number of hydrogen-bond acceptors (Lipinski definition) is 5. The Labute approximate surface area is 205 Å². The second kappa shape index (κ2) is 9.94. The summed E-state index contributed by atoms with van der Waals surface area (Å²) in [6.45, 7) is 4.08. The summed E-state index contributed by atoms with van der Waals surface area (Å²) in [6, 6.07) is 1.46. The molecule has 0 spiro atoms. The van der Waals surface area contributed by atoms with Crippen LogP contribution in [-0.4, -0.2) is 51.7 Å². The summed E-state index contributed by atoms with van der Waals surface area (Å²) in [5.74, 6) is -4.14. The van der Waals surface area contributed by atoms with Gasteiger partial charge in [-0.15, -0.1) is 0 Å². The molecular formula is C24H26ClF2N3O5. The Kier molecular flexibility index (Phi) is 7.14. The minimum atomic E-state index is -1.02. The van der Waals surface area contributed by atoms with E-state index in [4.69, 9.17) is 16.3 Å². The van der Waals surface area contributed by atoms with Crippen molar-refractivity contribution in [1.29, 1.82) is 0 Å². The Bertz CT molecular complexity index is 1230. The van der Waals surface area contributed by atoms with Gasteiger partial charge in [-0.2, -0.15) is 0 Å². The van der Waals surface area contributed by atoms with Gasteiger partial charge in [0.1, 0.15) is 22.2 Å². The van der Waals surface area contributed by atoms with Crippen molar-refractivity contribution < 1.29 is 28.2 Å². The maximum absolute atomic E-state index is 14.2. The molecule has 1 aromatic heterocycles. The van der Waals surface area contributed by atoms with E-state index < -0.39 is 51.3 Å². The zero-order valence-electron chi connectivity index (χ0n) is 19.3. The number of benzene rings is 1. The maximum atomic E-state index is 14.2. The predicted molar refractivity (Wildman–Crippen MR) is 124 cm³/mol. The van der Waals surface area contributed by atoms with Gasteiger partial charge >= 0.3 is 0 Å². The summed E-state index contributed by atoms with van der Waals surface area (Å²) >= 11 is 5.58. The molecule has 1 saturated heterocycles. The molecule has 0 bridgehead atoms. The summed E-state index contributed by atoms with van der Waals surface area (Å²) in [5.41, 5.74) is -1.69. The monoisotopic (exact) mass is 509 g/mol. The molecule has 3 heterocycles.